The van der Waals surface area contributed by atoms with Crippen LogP contribution in [0.1, 0.15) is 22.8 Å². The predicted octanol–water partition coefficient (Wildman–Crippen LogP) is 2.67. The summed E-state index contributed by atoms with van der Waals surface area (Å²) in [7, 11) is -4.12. The number of carbonyl (C=O) groups is 2. The van der Waals surface area contributed by atoms with Crippen LogP contribution in [0.3, 0.4) is 0 Å². The number of carbonyl (C=O) groups excluding carboxylic acids is 2. The summed E-state index contributed by atoms with van der Waals surface area (Å²) < 4.78 is 35.5. The first kappa shape index (κ1) is 23.4. The second kappa shape index (κ2) is 10.7. The number of aliphatic imine (C=N–C) groups is 1. The van der Waals surface area contributed by atoms with Crippen LogP contribution in [0.5, 0.6) is 5.75 Å². The Hall–Kier alpha value is -2.91. The zero-order chi connectivity index (χ0) is 22.1. The van der Waals surface area contributed by atoms with Crippen molar-refractivity contribution < 1.29 is 27.3 Å². The number of ether oxygens (including phenoxy) is 1. The Kier molecular flexibility index (Phi) is 8.37. The molecule has 0 aliphatic heterocycles. The van der Waals surface area contributed by atoms with E-state index < -0.39 is 27.7 Å². The minimum atomic E-state index is -4.12. The highest BCUT2D eigenvalue weighted by molar-refractivity contribution is 7.85. The van der Waals surface area contributed by atoms with E-state index in [0.717, 1.165) is 0 Å². The molecular formula is C20H20N2O6S2. The number of ketones is 1. The van der Waals surface area contributed by atoms with Gasteiger partial charge in [-0.15, -0.1) is 0 Å². The SMILES string of the molecule is CC(COc1ccc(C(=O)c2ccc(N=C=S)cc2)cc1)C(=O)NCCS(=O)(=O)O. The molecule has 0 saturated heterocycles. The highest BCUT2D eigenvalue weighted by Gasteiger charge is 2.15. The van der Waals surface area contributed by atoms with Crippen molar-refractivity contribution >= 4 is 44.9 Å². The van der Waals surface area contributed by atoms with Gasteiger partial charge in [-0.05, 0) is 60.7 Å². The maximum absolute atomic E-state index is 12.5. The highest BCUT2D eigenvalue weighted by Crippen LogP contribution is 2.18. The number of rotatable bonds is 10. The van der Waals surface area contributed by atoms with Crippen molar-refractivity contribution in [1.29, 1.82) is 0 Å². The van der Waals surface area contributed by atoms with Gasteiger partial charge in [-0.2, -0.15) is 13.4 Å². The van der Waals surface area contributed by atoms with Gasteiger partial charge in [0.2, 0.25) is 5.91 Å². The topological polar surface area (TPSA) is 122 Å². The molecule has 1 atom stereocenters. The summed E-state index contributed by atoms with van der Waals surface area (Å²) in [5.74, 6) is -1.17. The third kappa shape index (κ3) is 7.49. The lowest BCUT2D eigenvalue weighted by molar-refractivity contribution is -0.125. The maximum atomic E-state index is 12.5. The Morgan fingerprint density at radius 3 is 2.23 bits per heavy atom. The molecule has 2 rings (SSSR count). The molecule has 0 aliphatic rings. The molecule has 2 aromatic carbocycles. The van der Waals surface area contributed by atoms with Gasteiger partial charge in [-0.1, -0.05) is 6.92 Å². The van der Waals surface area contributed by atoms with Crippen LogP contribution in [0.15, 0.2) is 53.5 Å². The van der Waals surface area contributed by atoms with Crippen molar-refractivity contribution in [3.8, 4) is 5.75 Å². The molecule has 0 radical (unpaired) electrons. The van der Waals surface area contributed by atoms with E-state index in [1.165, 1.54) is 0 Å². The van der Waals surface area contributed by atoms with Gasteiger partial charge in [0.25, 0.3) is 10.1 Å². The third-order valence-electron chi connectivity index (χ3n) is 4.03. The molecule has 158 valence electrons. The van der Waals surface area contributed by atoms with Gasteiger partial charge in [-0.3, -0.25) is 14.1 Å². The lowest BCUT2D eigenvalue weighted by atomic mass is 10.0. The van der Waals surface area contributed by atoms with Crippen LogP contribution >= 0.6 is 12.2 Å². The van der Waals surface area contributed by atoms with Crippen molar-refractivity contribution in [3.63, 3.8) is 0 Å². The molecule has 0 aromatic heterocycles. The van der Waals surface area contributed by atoms with Gasteiger partial charge in [0.05, 0.1) is 29.1 Å². The molecule has 0 spiro atoms. The standard InChI is InChI=1S/C20H20N2O6S2/c1-14(20(24)21-10-11-30(25,26)27)12-28-18-8-4-16(5-9-18)19(23)15-2-6-17(7-3-15)22-13-29/h2-9,14H,10-12H2,1H3,(H,21,24)(H,25,26,27). The van der Waals surface area contributed by atoms with Crippen LogP contribution in [0.2, 0.25) is 0 Å². The number of isothiocyanates is 1. The van der Waals surface area contributed by atoms with Crippen LogP contribution in [-0.4, -0.2) is 48.7 Å². The molecule has 1 amide bonds. The number of benzene rings is 2. The second-order valence-electron chi connectivity index (χ2n) is 6.39. The van der Waals surface area contributed by atoms with Gasteiger partial charge in [-0.25, -0.2) is 0 Å². The molecule has 0 aliphatic carbocycles. The van der Waals surface area contributed by atoms with E-state index in [1.54, 1.807) is 55.5 Å². The minimum absolute atomic E-state index is 0.0624. The summed E-state index contributed by atoms with van der Waals surface area (Å²) in [5.41, 5.74) is 1.59. The van der Waals surface area contributed by atoms with Crippen molar-refractivity contribution in [2.75, 3.05) is 18.9 Å². The predicted molar refractivity (Wildman–Crippen MR) is 115 cm³/mol. The number of hydrogen-bond acceptors (Lipinski definition) is 7. The molecule has 0 fully saturated rings. The second-order valence-corrected chi connectivity index (χ2v) is 8.15. The van der Waals surface area contributed by atoms with E-state index in [2.05, 4.69) is 27.7 Å². The lowest BCUT2D eigenvalue weighted by Crippen LogP contribution is -2.35. The first-order valence-corrected chi connectivity index (χ1v) is 10.9. The van der Waals surface area contributed by atoms with Gasteiger partial charge >= 0.3 is 0 Å². The number of amides is 1. The van der Waals surface area contributed by atoms with Gasteiger partial charge in [0, 0.05) is 17.7 Å². The molecule has 8 nitrogen and oxygen atoms in total. The number of nitrogens with zero attached hydrogens (tertiary/aromatic N) is 1. The number of hydrogen-bond donors (Lipinski definition) is 2. The monoisotopic (exact) mass is 448 g/mol. The molecule has 1 unspecified atom stereocenters. The Balaban J connectivity index is 1.88. The highest BCUT2D eigenvalue weighted by atomic mass is 32.2. The molecule has 0 bridgehead atoms. The summed E-state index contributed by atoms with van der Waals surface area (Å²) in [6.45, 7) is 1.50. The van der Waals surface area contributed by atoms with Gasteiger partial charge < -0.3 is 10.1 Å². The molecule has 0 heterocycles. The summed E-state index contributed by atoms with van der Waals surface area (Å²) in [4.78, 5) is 28.3. The van der Waals surface area contributed by atoms with E-state index in [0.29, 0.717) is 22.6 Å². The average molecular weight is 449 g/mol. The van der Waals surface area contributed by atoms with Crippen molar-refractivity contribution in [3.05, 3.63) is 59.7 Å². The first-order chi connectivity index (χ1) is 14.2. The summed E-state index contributed by atoms with van der Waals surface area (Å²) in [6, 6.07) is 13.2. The fourth-order valence-electron chi connectivity index (χ4n) is 2.38. The zero-order valence-corrected chi connectivity index (χ0v) is 17.7. The lowest BCUT2D eigenvalue weighted by Gasteiger charge is -2.13. The summed E-state index contributed by atoms with van der Waals surface area (Å²) in [6.07, 6.45) is 0. The summed E-state index contributed by atoms with van der Waals surface area (Å²) in [5, 5.41) is 4.67. The van der Waals surface area contributed by atoms with Crippen LogP contribution in [0, 0.1) is 5.92 Å². The largest absolute Gasteiger partial charge is 0.493 e. The first-order valence-electron chi connectivity index (χ1n) is 8.88. The van der Waals surface area contributed by atoms with Gasteiger partial charge in [0.15, 0.2) is 5.78 Å². The normalized spacial score (nSPS) is 11.8. The van der Waals surface area contributed by atoms with E-state index in [-0.39, 0.29) is 18.9 Å². The Bertz CT molecular complexity index is 1040. The zero-order valence-electron chi connectivity index (χ0n) is 16.1. The molecule has 30 heavy (non-hydrogen) atoms. The van der Waals surface area contributed by atoms with Crippen molar-refractivity contribution in [1.82, 2.24) is 5.32 Å². The van der Waals surface area contributed by atoms with Crippen LogP contribution in [0.25, 0.3) is 0 Å². The molecule has 2 aromatic rings. The molecule has 2 N–H and O–H groups in total. The molecule has 10 heteroatoms. The van der Waals surface area contributed by atoms with E-state index >= 15 is 0 Å². The van der Waals surface area contributed by atoms with Crippen LogP contribution in [0.4, 0.5) is 5.69 Å². The van der Waals surface area contributed by atoms with Crippen LogP contribution in [-0.2, 0) is 14.9 Å². The number of thiocarbonyl (C=S) groups is 1. The smallest absolute Gasteiger partial charge is 0.266 e. The van der Waals surface area contributed by atoms with E-state index in [1.807, 2.05) is 0 Å². The molecule has 0 saturated carbocycles. The van der Waals surface area contributed by atoms with Crippen molar-refractivity contribution in [2.24, 2.45) is 10.9 Å². The molecular weight excluding hydrogens is 428 g/mol. The summed E-state index contributed by atoms with van der Waals surface area (Å²) >= 11 is 4.54. The van der Waals surface area contributed by atoms with E-state index in [4.69, 9.17) is 9.29 Å². The van der Waals surface area contributed by atoms with Crippen molar-refractivity contribution in [2.45, 2.75) is 6.92 Å². The average Bonchev–Trinajstić information content (AvgIpc) is 2.71. The Labute approximate surface area is 179 Å². The Morgan fingerprint density at radius 2 is 1.70 bits per heavy atom. The fraction of sp³-hybridized carbons (Fsp3) is 0.250. The minimum Gasteiger partial charge on any atom is -0.493 e. The maximum Gasteiger partial charge on any atom is 0.266 e. The Morgan fingerprint density at radius 1 is 1.13 bits per heavy atom. The number of nitrogens with one attached hydrogen (secondary N) is 1. The fourth-order valence-corrected chi connectivity index (χ4v) is 2.85. The van der Waals surface area contributed by atoms with Crippen LogP contribution < -0.4 is 10.1 Å². The van der Waals surface area contributed by atoms with E-state index in [9.17, 15) is 18.0 Å². The quantitative estimate of drug-likeness (QED) is 0.248. The third-order valence-corrected chi connectivity index (χ3v) is 4.84. The van der Waals surface area contributed by atoms with Gasteiger partial charge in [0.1, 0.15) is 5.75 Å².